The van der Waals surface area contributed by atoms with Crippen LogP contribution in [0.1, 0.15) is 5.56 Å². The van der Waals surface area contributed by atoms with E-state index in [1.807, 2.05) is 48.5 Å². The summed E-state index contributed by atoms with van der Waals surface area (Å²) in [7, 11) is 0. The summed E-state index contributed by atoms with van der Waals surface area (Å²) in [5, 5.41) is 11.3. The summed E-state index contributed by atoms with van der Waals surface area (Å²) in [5.74, 6) is 1.53. The molecule has 0 radical (unpaired) electrons. The molecule has 3 rings (SSSR count). The van der Waals surface area contributed by atoms with Gasteiger partial charge >= 0.3 is 0 Å². The maximum absolute atomic E-state index is 9.03. The zero-order valence-corrected chi connectivity index (χ0v) is 12.3. The lowest BCUT2D eigenvalue weighted by molar-refractivity contribution is 0.281. The fourth-order valence-electron chi connectivity index (χ4n) is 2.08. The number of aliphatic hydroxyl groups is 1. The van der Waals surface area contributed by atoms with E-state index in [1.165, 1.54) is 5.39 Å². The third kappa shape index (κ3) is 2.55. The van der Waals surface area contributed by atoms with E-state index in [2.05, 4.69) is 28.1 Å². The van der Waals surface area contributed by atoms with Gasteiger partial charge in [-0.25, -0.2) is 0 Å². The van der Waals surface area contributed by atoms with Crippen LogP contribution in [0, 0.1) is 0 Å². The molecule has 3 aromatic carbocycles. The lowest BCUT2D eigenvalue weighted by Gasteiger charge is -2.10. The summed E-state index contributed by atoms with van der Waals surface area (Å²) >= 11 is 3.60. The van der Waals surface area contributed by atoms with Crippen LogP contribution in [-0.4, -0.2) is 5.11 Å². The van der Waals surface area contributed by atoms with Gasteiger partial charge in [-0.1, -0.05) is 42.5 Å². The highest BCUT2D eigenvalue weighted by molar-refractivity contribution is 9.10. The Bertz CT molecular complexity index is 736. The fourth-order valence-corrected chi connectivity index (χ4v) is 2.66. The zero-order valence-electron chi connectivity index (χ0n) is 10.7. The van der Waals surface area contributed by atoms with E-state index in [0.29, 0.717) is 0 Å². The summed E-state index contributed by atoms with van der Waals surface area (Å²) in [4.78, 5) is 0. The number of ether oxygens (including phenoxy) is 1. The second-order valence-electron chi connectivity index (χ2n) is 4.50. The van der Waals surface area contributed by atoms with Gasteiger partial charge in [0.2, 0.25) is 0 Å². The van der Waals surface area contributed by atoms with Crippen LogP contribution in [0.15, 0.2) is 65.1 Å². The van der Waals surface area contributed by atoms with Crippen LogP contribution in [0.4, 0.5) is 0 Å². The minimum absolute atomic E-state index is 0.0416. The molecule has 20 heavy (non-hydrogen) atoms. The van der Waals surface area contributed by atoms with Crippen molar-refractivity contribution in [3.05, 3.63) is 70.7 Å². The van der Waals surface area contributed by atoms with Crippen LogP contribution in [0.2, 0.25) is 0 Å². The van der Waals surface area contributed by atoms with E-state index in [9.17, 15) is 0 Å². The molecule has 0 fully saturated rings. The fraction of sp³-hybridized carbons (Fsp3) is 0.0588. The van der Waals surface area contributed by atoms with Crippen LogP contribution in [0.5, 0.6) is 11.5 Å². The van der Waals surface area contributed by atoms with Crippen molar-refractivity contribution in [1.82, 2.24) is 0 Å². The monoisotopic (exact) mass is 328 g/mol. The Morgan fingerprint density at radius 1 is 0.900 bits per heavy atom. The molecule has 3 heteroatoms. The SMILES string of the molecule is OCc1ccc(Oc2ccc3ccccc3c2Br)cc1. The van der Waals surface area contributed by atoms with E-state index in [-0.39, 0.29) is 6.61 Å². The maximum atomic E-state index is 9.03. The smallest absolute Gasteiger partial charge is 0.142 e. The Kier molecular flexibility index (Phi) is 3.72. The highest BCUT2D eigenvalue weighted by atomic mass is 79.9. The zero-order chi connectivity index (χ0) is 13.9. The van der Waals surface area contributed by atoms with Crippen LogP contribution >= 0.6 is 15.9 Å². The number of halogens is 1. The van der Waals surface area contributed by atoms with Crippen molar-refractivity contribution in [3.63, 3.8) is 0 Å². The van der Waals surface area contributed by atoms with Crippen LogP contribution in [-0.2, 0) is 6.61 Å². The Balaban J connectivity index is 1.95. The molecule has 0 aliphatic heterocycles. The van der Waals surface area contributed by atoms with Gasteiger partial charge < -0.3 is 9.84 Å². The average molecular weight is 329 g/mol. The van der Waals surface area contributed by atoms with Gasteiger partial charge in [-0.15, -0.1) is 0 Å². The summed E-state index contributed by atoms with van der Waals surface area (Å²) < 4.78 is 6.83. The Hall–Kier alpha value is -1.84. The Morgan fingerprint density at radius 3 is 2.40 bits per heavy atom. The van der Waals surface area contributed by atoms with Gasteiger partial charge in [-0.2, -0.15) is 0 Å². The van der Waals surface area contributed by atoms with E-state index >= 15 is 0 Å². The molecule has 0 heterocycles. The molecule has 1 N–H and O–H groups in total. The second-order valence-corrected chi connectivity index (χ2v) is 5.30. The number of hydrogen-bond donors (Lipinski definition) is 1. The maximum Gasteiger partial charge on any atom is 0.142 e. The van der Waals surface area contributed by atoms with Gasteiger partial charge in [0.15, 0.2) is 0 Å². The highest BCUT2D eigenvalue weighted by Crippen LogP contribution is 2.35. The first-order valence-electron chi connectivity index (χ1n) is 6.33. The average Bonchev–Trinajstić information content (AvgIpc) is 2.51. The van der Waals surface area contributed by atoms with E-state index in [4.69, 9.17) is 9.84 Å². The minimum atomic E-state index is 0.0416. The molecule has 3 aromatic rings. The van der Waals surface area contributed by atoms with Gasteiger partial charge in [-0.3, -0.25) is 0 Å². The van der Waals surface area contributed by atoms with Crippen molar-refractivity contribution in [2.24, 2.45) is 0 Å². The topological polar surface area (TPSA) is 29.5 Å². The molecule has 2 nitrogen and oxygen atoms in total. The molecule has 0 aliphatic carbocycles. The van der Waals surface area contributed by atoms with E-state index in [1.54, 1.807) is 0 Å². The molecule has 0 aliphatic rings. The van der Waals surface area contributed by atoms with Crippen LogP contribution < -0.4 is 4.74 Å². The summed E-state index contributed by atoms with van der Waals surface area (Å²) in [5.41, 5.74) is 0.870. The van der Waals surface area contributed by atoms with Gasteiger partial charge in [0.05, 0.1) is 11.1 Å². The molecular formula is C17H13BrO2. The van der Waals surface area contributed by atoms with Crippen molar-refractivity contribution in [3.8, 4) is 11.5 Å². The van der Waals surface area contributed by atoms with Gasteiger partial charge in [0.25, 0.3) is 0 Å². The molecule has 0 aromatic heterocycles. The minimum Gasteiger partial charge on any atom is -0.456 e. The van der Waals surface area contributed by atoms with Crippen molar-refractivity contribution in [2.45, 2.75) is 6.61 Å². The van der Waals surface area contributed by atoms with Crippen LogP contribution in [0.25, 0.3) is 10.8 Å². The first-order valence-corrected chi connectivity index (χ1v) is 7.12. The Labute approximate surface area is 125 Å². The van der Waals surface area contributed by atoms with Gasteiger partial charge in [-0.05, 0) is 50.5 Å². The molecule has 0 saturated heterocycles. The summed E-state index contributed by atoms with van der Waals surface area (Å²) in [6.45, 7) is 0.0416. The summed E-state index contributed by atoms with van der Waals surface area (Å²) in [6, 6.07) is 19.6. The number of fused-ring (bicyclic) bond motifs is 1. The number of rotatable bonds is 3. The lowest BCUT2D eigenvalue weighted by Crippen LogP contribution is -1.88. The molecule has 0 bridgehead atoms. The number of hydrogen-bond acceptors (Lipinski definition) is 2. The van der Waals surface area contributed by atoms with Crippen molar-refractivity contribution >= 4 is 26.7 Å². The highest BCUT2D eigenvalue weighted by Gasteiger charge is 2.07. The van der Waals surface area contributed by atoms with Gasteiger partial charge in [0, 0.05) is 0 Å². The standard InChI is InChI=1S/C17H13BrO2/c18-17-15-4-2-1-3-13(15)7-10-16(17)20-14-8-5-12(11-19)6-9-14/h1-10,19H,11H2. The summed E-state index contributed by atoms with van der Waals surface area (Å²) in [6.07, 6.45) is 0. The largest absolute Gasteiger partial charge is 0.456 e. The lowest BCUT2D eigenvalue weighted by atomic mass is 10.1. The van der Waals surface area contributed by atoms with Crippen molar-refractivity contribution in [2.75, 3.05) is 0 Å². The molecule has 0 amide bonds. The second kappa shape index (κ2) is 5.65. The van der Waals surface area contributed by atoms with Gasteiger partial charge in [0.1, 0.15) is 11.5 Å². The first-order chi connectivity index (χ1) is 9.78. The van der Waals surface area contributed by atoms with E-state index in [0.717, 1.165) is 26.9 Å². The molecular weight excluding hydrogens is 316 g/mol. The predicted molar refractivity (Wildman–Crippen MR) is 84.1 cm³/mol. The molecule has 0 unspecified atom stereocenters. The predicted octanol–water partition coefficient (Wildman–Crippen LogP) is 4.89. The molecule has 0 atom stereocenters. The number of benzene rings is 3. The number of aliphatic hydroxyl groups excluding tert-OH is 1. The van der Waals surface area contributed by atoms with Crippen molar-refractivity contribution < 1.29 is 9.84 Å². The quantitative estimate of drug-likeness (QED) is 0.741. The Morgan fingerprint density at radius 2 is 1.65 bits per heavy atom. The molecule has 0 spiro atoms. The van der Waals surface area contributed by atoms with Crippen molar-refractivity contribution in [1.29, 1.82) is 0 Å². The third-order valence-electron chi connectivity index (χ3n) is 3.16. The molecule has 0 saturated carbocycles. The normalized spacial score (nSPS) is 10.7. The third-order valence-corrected chi connectivity index (χ3v) is 3.98. The van der Waals surface area contributed by atoms with Crippen LogP contribution in [0.3, 0.4) is 0 Å². The first kappa shape index (κ1) is 13.2. The van der Waals surface area contributed by atoms with E-state index < -0.39 is 0 Å². The molecule has 100 valence electrons.